The van der Waals surface area contributed by atoms with Crippen LogP contribution < -0.4 is 5.32 Å². The predicted octanol–water partition coefficient (Wildman–Crippen LogP) is 3.28. The first-order valence-electron chi connectivity index (χ1n) is 7.93. The van der Waals surface area contributed by atoms with Crippen LogP contribution in [0.15, 0.2) is 18.2 Å². The smallest absolute Gasteiger partial charge is 0.112 e. The summed E-state index contributed by atoms with van der Waals surface area (Å²) in [5.41, 5.74) is 1.37. The van der Waals surface area contributed by atoms with Crippen LogP contribution in [0.3, 0.4) is 0 Å². The number of aliphatic hydroxyl groups excluding tert-OH is 1. The first-order chi connectivity index (χ1) is 9.95. The van der Waals surface area contributed by atoms with E-state index in [1.807, 2.05) is 18.2 Å². The van der Waals surface area contributed by atoms with Crippen molar-refractivity contribution in [2.45, 2.75) is 62.5 Å². The summed E-state index contributed by atoms with van der Waals surface area (Å²) in [5.74, 6) is 0. The molecular formula is C17H24Cl2NO+. The minimum absolute atomic E-state index is 0.120. The van der Waals surface area contributed by atoms with Crippen molar-refractivity contribution >= 4 is 23.2 Å². The van der Waals surface area contributed by atoms with E-state index in [4.69, 9.17) is 23.2 Å². The number of hydrogen-bond acceptors (Lipinski definition) is 1. The Labute approximate surface area is 136 Å². The number of nitrogens with two attached hydrogens (primary N) is 1. The molecule has 0 bridgehead atoms. The van der Waals surface area contributed by atoms with Crippen LogP contribution in [0.1, 0.15) is 51.0 Å². The average molecular weight is 329 g/mol. The van der Waals surface area contributed by atoms with Gasteiger partial charge in [-0.1, -0.05) is 35.7 Å². The van der Waals surface area contributed by atoms with Gasteiger partial charge in [0.2, 0.25) is 0 Å². The van der Waals surface area contributed by atoms with Crippen molar-refractivity contribution in [1.82, 2.24) is 0 Å². The van der Waals surface area contributed by atoms with Crippen LogP contribution in [0.2, 0.25) is 10.0 Å². The van der Waals surface area contributed by atoms with Crippen molar-refractivity contribution in [3.8, 4) is 0 Å². The van der Waals surface area contributed by atoms with E-state index in [1.54, 1.807) is 0 Å². The van der Waals surface area contributed by atoms with Crippen molar-refractivity contribution in [3.63, 3.8) is 0 Å². The normalized spacial score (nSPS) is 24.0. The van der Waals surface area contributed by atoms with Gasteiger partial charge in [0.1, 0.15) is 12.6 Å². The molecule has 2 fully saturated rings. The van der Waals surface area contributed by atoms with Crippen LogP contribution in [0.25, 0.3) is 0 Å². The highest BCUT2D eigenvalue weighted by Gasteiger charge is 2.47. The van der Waals surface area contributed by atoms with E-state index in [-0.39, 0.29) is 11.5 Å². The van der Waals surface area contributed by atoms with Crippen LogP contribution in [0.5, 0.6) is 0 Å². The summed E-state index contributed by atoms with van der Waals surface area (Å²) in [5, 5.41) is 14.3. The van der Waals surface area contributed by atoms with Crippen molar-refractivity contribution in [1.29, 1.82) is 0 Å². The number of quaternary nitrogens is 1. The van der Waals surface area contributed by atoms with Gasteiger partial charge in [-0.3, -0.25) is 0 Å². The molecule has 0 aromatic heterocycles. The zero-order valence-corrected chi connectivity index (χ0v) is 14.1. The SMILES string of the molecule is CC1([NH2+]CC(O)C2(c3ccc(Cl)c(Cl)c3)CCC2)CCC1. The number of hydrogen-bond donors (Lipinski definition) is 2. The number of halogens is 2. The largest absolute Gasteiger partial charge is 0.386 e. The molecule has 116 valence electrons. The first kappa shape index (κ1) is 15.6. The lowest BCUT2D eigenvalue weighted by Gasteiger charge is -2.46. The molecule has 0 aliphatic heterocycles. The second-order valence-electron chi connectivity index (χ2n) is 7.10. The van der Waals surface area contributed by atoms with Gasteiger partial charge in [-0.05, 0) is 43.9 Å². The molecule has 2 aliphatic carbocycles. The van der Waals surface area contributed by atoms with Crippen LogP contribution >= 0.6 is 23.2 Å². The molecule has 0 spiro atoms. The molecule has 4 heteroatoms. The number of rotatable bonds is 5. The van der Waals surface area contributed by atoms with E-state index in [1.165, 1.54) is 25.7 Å². The summed E-state index contributed by atoms with van der Waals surface area (Å²) >= 11 is 12.2. The van der Waals surface area contributed by atoms with Crippen LogP contribution in [0.4, 0.5) is 0 Å². The lowest BCUT2D eigenvalue weighted by Crippen LogP contribution is -2.99. The fourth-order valence-corrected chi connectivity index (χ4v) is 4.04. The van der Waals surface area contributed by atoms with Gasteiger partial charge in [-0.15, -0.1) is 0 Å². The third-order valence-electron chi connectivity index (χ3n) is 5.71. The van der Waals surface area contributed by atoms with Gasteiger partial charge >= 0.3 is 0 Å². The van der Waals surface area contributed by atoms with Gasteiger partial charge in [0.05, 0.1) is 15.6 Å². The molecule has 3 N–H and O–H groups in total. The van der Waals surface area contributed by atoms with Gasteiger partial charge in [0, 0.05) is 18.3 Å². The van der Waals surface area contributed by atoms with E-state index >= 15 is 0 Å². The fraction of sp³-hybridized carbons (Fsp3) is 0.647. The minimum atomic E-state index is -0.319. The molecule has 3 rings (SSSR count). The molecule has 0 saturated heterocycles. The molecule has 2 nitrogen and oxygen atoms in total. The van der Waals surface area contributed by atoms with Crippen LogP contribution in [-0.2, 0) is 5.41 Å². The maximum Gasteiger partial charge on any atom is 0.112 e. The van der Waals surface area contributed by atoms with Crippen LogP contribution in [-0.4, -0.2) is 23.3 Å². The number of aliphatic hydroxyl groups is 1. The van der Waals surface area contributed by atoms with E-state index in [0.29, 0.717) is 15.6 Å². The molecule has 0 heterocycles. The Morgan fingerprint density at radius 2 is 1.81 bits per heavy atom. The maximum absolute atomic E-state index is 10.8. The van der Waals surface area contributed by atoms with E-state index < -0.39 is 0 Å². The quantitative estimate of drug-likeness (QED) is 0.855. The highest BCUT2D eigenvalue weighted by atomic mass is 35.5. The van der Waals surface area contributed by atoms with E-state index in [0.717, 1.165) is 24.9 Å². The molecule has 1 atom stereocenters. The Morgan fingerprint density at radius 1 is 1.14 bits per heavy atom. The Morgan fingerprint density at radius 3 is 2.29 bits per heavy atom. The summed E-state index contributed by atoms with van der Waals surface area (Å²) in [4.78, 5) is 0. The van der Waals surface area contributed by atoms with E-state index in [2.05, 4.69) is 12.2 Å². The monoisotopic (exact) mass is 328 g/mol. The second kappa shape index (κ2) is 5.73. The molecule has 0 amide bonds. The van der Waals surface area contributed by atoms with Gasteiger partial charge in [-0.25, -0.2) is 0 Å². The molecule has 1 aromatic rings. The standard InChI is InChI=1S/C17H23Cl2NO/c1-16(6-2-7-16)20-11-15(21)17(8-3-9-17)12-4-5-13(18)14(19)10-12/h4-5,10,15,20-21H,2-3,6-9,11H2,1H3/p+1. The molecule has 0 radical (unpaired) electrons. The van der Waals surface area contributed by atoms with Crippen LogP contribution in [0, 0.1) is 0 Å². The molecule has 1 aromatic carbocycles. The van der Waals surface area contributed by atoms with Gasteiger partial charge in [-0.2, -0.15) is 0 Å². The number of benzene rings is 1. The van der Waals surface area contributed by atoms with Crippen molar-refractivity contribution < 1.29 is 10.4 Å². The van der Waals surface area contributed by atoms with Gasteiger partial charge in [0.15, 0.2) is 0 Å². The van der Waals surface area contributed by atoms with Crippen molar-refractivity contribution in [2.24, 2.45) is 0 Å². The summed E-state index contributed by atoms with van der Waals surface area (Å²) in [6, 6.07) is 5.82. The third-order valence-corrected chi connectivity index (χ3v) is 6.45. The Bertz CT molecular complexity index is 524. The Balaban J connectivity index is 1.74. The summed E-state index contributed by atoms with van der Waals surface area (Å²) in [6.07, 6.45) is 6.78. The second-order valence-corrected chi connectivity index (χ2v) is 7.92. The Kier molecular flexibility index (Phi) is 4.26. The third kappa shape index (κ3) is 2.84. The zero-order chi connectivity index (χ0) is 15.1. The molecule has 2 saturated carbocycles. The average Bonchev–Trinajstić information content (AvgIpc) is 2.37. The summed E-state index contributed by atoms with van der Waals surface area (Å²) in [6.45, 7) is 3.08. The van der Waals surface area contributed by atoms with Crippen molar-refractivity contribution in [2.75, 3.05) is 6.54 Å². The lowest BCUT2D eigenvalue weighted by atomic mass is 9.61. The van der Waals surface area contributed by atoms with E-state index in [9.17, 15) is 5.11 Å². The predicted molar refractivity (Wildman–Crippen MR) is 87.0 cm³/mol. The summed E-state index contributed by atoms with van der Waals surface area (Å²) < 4.78 is 0. The lowest BCUT2D eigenvalue weighted by molar-refractivity contribution is -0.740. The maximum atomic E-state index is 10.8. The topological polar surface area (TPSA) is 36.8 Å². The van der Waals surface area contributed by atoms with Gasteiger partial charge < -0.3 is 10.4 Å². The highest BCUT2D eigenvalue weighted by molar-refractivity contribution is 6.42. The van der Waals surface area contributed by atoms with Crippen molar-refractivity contribution in [3.05, 3.63) is 33.8 Å². The molecular weight excluding hydrogens is 305 g/mol. The Hall–Kier alpha value is -0.280. The summed E-state index contributed by atoms with van der Waals surface area (Å²) in [7, 11) is 0. The minimum Gasteiger partial charge on any atom is -0.386 e. The van der Waals surface area contributed by atoms with Gasteiger partial charge in [0.25, 0.3) is 0 Å². The zero-order valence-electron chi connectivity index (χ0n) is 12.5. The molecule has 1 unspecified atom stereocenters. The molecule has 2 aliphatic rings. The molecule has 21 heavy (non-hydrogen) atoms. The highest BCUT2D eigenvalue weighted by Crippen LogP contribution is 2.47. The fourth-order valence-electron chi connectivity index (χ4n) is 3.74. The first-order valence-corrected chi connectivity index (χ1v) is 8.69.